The summed E-state index contributed by atoms with van der Waals surface area (Å²) in [6.07, 6.45) is 2.08. The van der Waals surface area contributed by atoms with Gasteiger partial charge >= 0.3 is 0 Å². The van der Waals surface area contributed by atoms with Gasteiger partial charge in [0.05, 0.1) is 12.2 Å². The molecule has 4 heteroatoms. The third-order valence-corrected chi connectivity index (χ3v) is 2.94. The van der Waals surface area contributed by atoms with Gasteiger partial charge in [-0.1, -0.05) is 23.7 Å². The lowest BCUT2D eigenvalue weighted by molar-refractivity contribution is 0.581. The second kappa shape index (κ2) is 5.34. The number of aromatic nitrogens is 2. The Kier molecular flexibility index (Phi) is 3.82. The molecule has 0 aliphatic carbocycles. The van der Waals surface area contributed by atoms with Crippen LogP contribution in [0, 0.1) is 6.92 Å². The molecule has 0 unspecified atom stereocenters. The Labute approximate surface area is 106 Å². The van der Waals surface area contributed by atoms with Gasteiger partial charge in [-0.25, -0.2) is 0 Å². The molecule has 0 radical (unpaired) electrons. The first-order valence-electron chi connectivity index (χ1n) is 5.65. The summed E-state index contributed by atoms with van der Waals surface area (Å²) in [6.45, 7) is 3.83. The van der Waals surface area contributed by atoms with Gasteiger partial charge in [0.1, 0.15) is 0 Å². The van der Waals surface area contributed by atoms with Crippen LogP contribution in [0.4, 0.5) is 0 Å². The predicted octanol–water partition coefficient (Wildman–Crippen LogP) is 2.73. The highest BCUT2D eigenvalue weighted by Gasteiger charge is 2.06. The lowest BCUT2D eigenvalue weighted by Crippen LogP contribution is -2.15. The maximum absolute atomic E-state index is 5.88. The summed E-state index contributed by atoms with van der Waals surface area (Å²) >= 11 is 5.88. The summed E-state index contributed by atoms with van der Waals surface area (Å²) in [6, 6.07) is 7.85. The highest BCUT2D eigenvalue weighted by atomic mass is 35.5. The molecule has 0 fully saturated rings. The van der Waals surface area contributed by atoms with Crippen molar-refractivity contribution in [3.63, 3.8) is 0 Å². The van der Waals surface area contributed by atoms with Gasteiger partial charge in [0.2, 0.25) is 0 Å². The van der Waals surface area contributed by atoms with Gasteiger partial charge in [-0.05, 0) is 31.7 Å². The van der Waals surface area contributed by atoms with E-state index in [-0.39, 0.29) is 0 Å². The first-order chi connectivity index (χ1) is 8.20. The Balaban J connectivity index is 2.26. The van der Waals surface area contributed by atoms with Crippen molar-refractivity contribution < 1.29 is 0 Å². The standard InChI is InChI=1S/C13H16ClN3/c1-10-13(9-17(16-10)8-7-15-2)11-3-5-12(14)6-4-11/h3-6,9,15H,7-8H2,1-2H3. The van der Waals surface area contributed by atoms with Crippen molar-refractivity contribution >= 4 is 11.6 Å². The molecule has 0 spiro atoms. The SMILES string of the molecule is CNCCn1cc(-c2ccc(Cl)cc2)c(C)n1. The summed E-state index contributed by atoms with van der Waals surface area (Å²) in [5.74, 6) is 0. The monoisotopic (exact) mass is 249 g/mol. The molecule has 0 aliphatic heterocycles. The van der Waals surface area contributed by atoms with Crippen molar-refractivity contribution in [3.05, 3.63) is 41.2 Å². The summed E-state index contributed by atoms with van der Waals surface area (Å²) in [5, 5.41) is 8.36. The zero-order chi connectivity index (χ0) is 12.3. The van der Waals surface area contributed by atoms with E-state index in [2.05, 4.69) is 16.6 Å². The summed E-state index contributed by atoms with van der Waals surface area (Å²) < 4.78 is 1.97. The molecule has 0 aliphatic rings. The van der Waals surface area contributed by atoms with Gasteiger partial charge in [-0.3, -0.25) is 4.68 Å². The second-order valence-electron chi connectivity index (χ2n) is 4.00. The fourth-order valence-corrected chi connectivity index (χ4v) is 1.90. The van der Waals surface area contributed by atoms with Crippen molar-refractivity contribution in [1.29, 1.82) is 0 Å². The molecule has 3 nitrogen and oxygen atoms in total. The van der Waals surface area contributed by atoms with E-state index < -0.39 is 0 Å². The molecule has 0 atom stereocenters. The Bertz CT molecular complexity index is 488. The van der Waals surface area contributed by atoms with E-state index >= 15 is 0 Å². The fourth-order valence-electron chi connectivity index (χ4n) is 1.77. The Morgan fingerprint density at radius 2 is 2.00 bits per heavy atom. The van der Waals surface area contributed by atoms with Gasteiger partial charge < -0.3 is 5.32 Å². The second-order valence-corrected chi connectivity index (χ2v) is 4.44. The smallest absolute Gasteiger partial charge is 0.0672 e. The van der Waals surface area contributed by atoms with Crippen LogP contribution in [0.15, 0.2) is 30.5 Å². The third-order valence-electron chi connectivity index (χ3n) is 2.69. The van der Waals surface area contributed by atoms with Crippen LogP contribution in [0.2, 0.25) is 5.02 Å². The van der Waals surface area contributed by atoms with Gasteiger partial charge in [0.15, 0.2) is 0 Å². The van der Waals surface area contributed by atoms with E-state index in [9.17, 15) is 0 Å². The van der Waals surface area contributed by atoms with Crippen molar-refractivity contribution in [1.82, 2.24) is 15.1 Å². The van der Waals surface area contributed by atoms with Crippen LogP contribution in [0.5, 0.6) is 0 Å². The van der Waals surface area contributed by atoms with Gasteiger partial charge in [-0.15, -0.1) is 0 Å². The van der Waals surface area contributed by atoms with Gasteiger partial charge in [-0.2, -0.15) is 5.10 Å². The maximum Gasteiger partial charge on any atom is 0.0672 e. The Morgan fingerprint density at radius 1 is 1.29 bits per heavy atom. The fraction of sp³-hybridized carbons (Fsp3) is 0.308. The molecule has 0 amide bonds. The van der Waals surface area contributed by atoms with E-state index in [0.717, 1.165) is 34.9 Å². The number of halogens is 1. The first kappa shape index (κ1) is 12.1. The normalized spacial score (nSPS) is 10.8. The van der Waals surface area contributed by atoms with Gasteiger partial charge in [0, 0.05) is 23.3 Å². The number of benzene rings is 1. The lowest BCUT2D eigenvalue weighted by atomic mass is 10.1. The summed E-state index contributed by atoms with van der Waals surface area (Å²) in [7, 11) is 1.94. The molecular formula is C13H16ClN3. The van der Waals surface area contributed by atoms with Crippen molar-refractivity contribution in [3.8, 4) is 11.1 Å². The molecule has 2 rings (SSSR count). The van der Waals surface area contributed by atoms with Crippen LogP contribution >= 0.6 is 11.6 Å². The van der Waals surface area contributed by atoms with Crippen molar-refractivity contribution in [2.45, 2.75) is 13.5 Å². The Hall–Kier alpha value is -1.32. The van der Waals surface area contributed by atoms with E-state index in [0.29, 0.717) is 0 Å². The van der Waals surface area contributed by atoms with Crippen LogP contribution in [0.3, 0.4) is 0 Å². The van der Waals surface area contributed by atoms with E-state index in [1.165, 1.54) is 0 Å². The summed E-state index contributed by atoms with van der Waals surface area (Å²) in [4.78, 5) is 0. The van der Waals surface area contributed by atoms with Crippen molar-refractivity contribution in [2.24, 2.45) is 0 Å². The Morgan fingerprint density at radius 3 is 2.65 bits per heavy atom. The van der Waals surface area contributed by atoms with Crippen LogP contribution in [0.1, 0.15) is 5.69 Å². The molecule has 1 N–H and O–H groups in total. The molecular weight excluding hydrogens is 234 g/mol. The first-order valence-corrected chi connectivity index (χ1v) is 6.03. The van der Waals surface area contributed by atoms with Gasteiger partial charge in [0.25, 0.3) is 0 Å². The zero-order valence-corrected chi connectivity index (χ0v) is 10.8. The number of hydrogen-bond acceptors (Lipinski definition) is 2. The number of aryl methyl sites for hydroxylation is 1. The molecule has 1 aromatic carbocycles. The van der Waals surface area contributed by atoms with Crippen LogP contribution in [-0.2, 0) is 6.54 Å². The van der Waals surface area contributed by atoms with E-state index in [1.807, 2.05) is 42.9 Å². The quantitative estimate of drug-likeness (QED) is 0.903. The molecule has 1 heterocycles. The zero-order valence-electron chi connectivity index (χ0n) is 10.1. The molecule has 90 valence electrons. The molecule has 2 aromatic rings. The lowest BCUT2D eigenvalue weighted by Gasteiger charge is -1.99. The van der Waals surface area contributed by atoms with Crippen LogP contribution in [-0.4, -0.2) is 23.4 Å². The largest absolute Gasteiger partial charge is 0.318 e. The van der Waals surface area contributed by atoms with Crippen molar-refractivity contribution in [2.75, 3.05) is 13.6 Å². The number of rotatable bonds is 4. The minimum Gasteiger partial charge on any atom is -0.318 e. The third kappa shape index (κ3) is 2.87. The minimum atomic E-state index is 0.758. The number of hydrogen-bond donors (Lipinski definition) is 1. The predicted molar refractivity (Wildman–Crippen MR) is 71.3 cm³/mol. The molecule has 1 aromatic heterocycles. The molecule has 0 saturated heterocycles. The highest BCUT2D eigenvalue weighted by molar-refractivity contribution is 6.30. The average Bonchev–Trinajstić information content (AvgIpc) is 2.69. The highest BCUT2D eigenvalue weighted by Crippen LogP contribution is 2.23. The topological polar surface area (TPSA) is 29.9 Å². The number of nitrogens with one attached hydrogen (secondary N) is 1. The average molecular weight is 250 g/mol. The minimum absolute atomic E-state index is 0.758. The molecule has 17 heavy (non-hydrogen) atoms. The van der Waals surface area contributed by atoms with E-state index in [4.69, 9.17) is 11.6 Å². The summed E-state index contributed by atoms with van der Waals surface area (Å²) in [5.41, 5.74) is 3.36. The van der Waals surface area contributed by atoms with Crippen LogP contribution < -0.4 is 5.32 Å². The molecule has 0 bridgehead atoms. The maximum atomic E-state index is 5.88. The molecule has 0 saturated carbocycles. The van der Waals surface area contributed by atoms with Crippen LogP contribution in [0.25, 0.3) is 11.1 Å². The van der Waals surface area contributed by atoms with E-state index in [1.54, 1.807) is 0 Å². The number of nitrogens with zero attached hydrogens (tertiary/aromatic N) is 2. The number of likely N-dealkylation sites (N-methyl/N-ethyl adjacent to an activating group) is 1.